The quantitative estimate of drug-likeness (QED) is 0.200. The molecule has 3 nitrogen and oxygen atoms in total. The summed E-state index contributed by atoms with van der Waals surface area (Å²) in [6.07, 6.45) is 12.0. The summed E-state index contributed by atoms with van der Waals surface area (Å²) < 4.78 is 34.5. The van der Waals surface area contributed by atoms with Gasteiger partial charge in [0.2, 0.25) is 0 Å². The number of alkyl halides is 2. The summed E-state index contributed by atoms with van der Waals surface area (Å²) in [5.74, 6) is 1.29. The van der Waals surface area contributed by atoms with E-state index in [0.29, 0.717) is 5.75 Å². The zero-order chi connectivity index (χ0) is 22.8. The number of ether oxygens (including phenoxy) is 2. The molecule has 32 heavy (non-hydrogen) atoms. The summed E-state index contributed by atoms with van der Waals surface area (Å²) in [5.41, 5.74) is 1.78. The van der Waals surface area contributed by atoms with Gasteiger partial charge in [-0.3, -0.25) is 4.79 Å². The van der Waals surface area contributed by atoms with Crippen molar-refractivity contribution in [1.29, 1.82) is 0 Å². The van der Waals surface area contributed by atoms with Crippen molar-refractivity contribution in [2.75, 3.05) is 0 Å². The highest BCUT2D eigenvalue weighted by Crippen LogP contribution is 2.33. The van der Waals surface area contributed by atoms with Crippen molar-refractivity contribution < 1.29 is 23.0 Å². The molecular weight excluding hydrogens is 410 g/mol. The maximum absolute atomic E-state index is 12.6. The molecule has 0 saturated heterocycles. The van der Waals surface area contributed by atoms with Crippen LogP contribution < -0.4 is 9.47 Å². The number of rotatable bonds is 11. The van der Waals surface area contributed by atoms with Crippen molar-refractivity contribution in [3.8, 4) is 22.6 Å². The van der Waals surface area contributed by atoms with Crippen LogP contribution in [-0.2, 0) is 4.79 Å². The van der Waals surface area contributed by atoms with Crippen LogP contribution in [0.15, 0.2) is 48.5 Å². The monoisotopic (exact) mass is 444 g/mol. The Morgan fingerprint density at radius 1 is 0.844 bits per heavy atom. The summed E-state index contributed by atoms with van der Waals surface area (Å²) in [6.45, 7) is -0.593. The zero-order valence-corrected chi connectivity index (χ0v) is 18.9. The standard InChI is InChI=1S/C27H34F2O3/c1-2-3-4-5-6-7-20-8-10-23(11-9-20)26(30)31-24-16-12-21(13-17-24)22-14-18-25(19-15-22)32-27(28)29/h12-20,23,27H,2-11H2,1H3. The molecule has 0 unspecified atom stereocenters. The second kappa shape index (κ2) is 12.6. The summed E-state index contributed by atoms with van der Waals surface area (Å²) in [5, 5.41) is 0. The number of hydrogen-bond acceptors (Lipinski definition) is 3. The molecule has 0 aliphatic heterocycles. The van der Waals surface area contributed by atoms with Crippen molar-refractivity contribution in [1.82, 2.24) is 0 Å². The van der Waals surface area contributed by atoms with E-state index in [9.17, 15) is 13.6 Å². The Kier molecular flexibility index (Phi) is 9.51. The molecule has 1 aliphatic rings. The van der Waals surface area contributed by atoms with E-state index in [1.165, 1.54) is 50.7 Å². The minimum Gasteiger partial charge on any atom is -0.435 e. The van der Waals surface area contributed by atoms with Crippen LogP contribution in [0, 0.1) is 11.8 Å². The van der Waals surface area contributed by atoms with Crippen molar-refractivity contribution in [3.05, 3.63) is 48.5 Å². The van der Waals surface area contributed by atoms with E-state index in [2.05, 4.69) is 11.7 Å². The third-order valence-electron chi connectivity index (χ3n) is 6.38. The first-order valence-electron chi connectivity index (χ1n) is 11.9. The molecule has 2 aromatic carbocycles. The predicted octanol–water partition coefficient (Wildman–Crippen LogP) is 8.03. The molecule has 2 aromatic rings. The summed E-state index contributed by atoms with van der Waals surface area (Å²) >= 11 is 0. The van der Waals surface area contributed by atoms with Crippen LogP contribution in [0.4, 0.5) is 8.78 Å². The highest BCUT2D eigenvalue weighted by atomic mass is 19.3. The van der Waals surface area contributed by atoms with Crippen molar-refractivity contribution in [2.45, 2.75) is 77.7 Å². The minimum absolute atomic E-state index is 0.00611. The first-order valence-corrected chi connectivity index (χ1v) is 11.9. The Morgan fingerprint density at radius 2 is 1.41 bits per heavy atom. The largest absolute Gasteiger partial charge is 0.435 e. The van der Waals surface area contributed by atoms with Gasteiger partial charge in [-0.05, 0) is 67.0 Å². The van der Waals surface area contributed by atoms with E-state index >= 15 is 0 Å². The van der Waals surface area contributed by atoms with Gasteiger partial charge in [0.05, 0.1) is 5.92 Å². The fourth-order valence-corrected chi connectivity index (χ4v) is 4.47. The molecule has 0 atom stereocenters. The van der Waals surface area contributed by atoms with Crippen LogP contribution in [0.1, 0.15) is 71.1 Å². The lowest BCUT2D eigenvalue weighted by Gasteiger charge is -2.27. The normalized spacial score (nSPS) is 18.5. The van der Waals surface area contributed by atoms with Gasteiger partial charge in [0.1, 0.15) is 11.5 Å². The molecule has 5 heteroatoms. The highest BCUT2D eigenvalue weighted by Gasteiger charge is 2.27. The molecule has 1 fully saturated rings. The van der Waals surface area contributed by atoms with Gasteiger partial charge in [0.25, 0.3) is 0 Å². The van der Waals surface area contributed by atoms with E-state index in [1.807, 2.05) is 12.1 Å². The van der Waals surface area contributed by atoms with Crippen LogP contribution >= 0.6 is 0 Å². The van der Waals surface area contributed by atoms with Gasteiger partial charge in [-0.25, -0.2) is 0 Å². The first-order chi connectivity index (χ1) is 15.5. The van der Waals surface area contributed by atoms with Crippen molar-refractivity contribution in [2.24, 2.45) is 11.8 Å². The minimum atomic E-state index is -2.83. The molecule has 0 aromatic heterocycles. The molecule has 0 spiro atoms. The lowest BCUT2D eigenvalue weighted by Crippen LogP contribution is -2.25. The van der Waals surface area contributed by atoms with Gasteiger partial charge < -0.3 is 9.47 Å². The molecule has 0 N–H and O–H groups in total. The molecule has 1 saturated carbocycles. The second-order valence-corrected chi connectivity index (χ2v) is 8.77. The Bertz CT molecular complexity index is 810. The average Bonchev–Trinajstić information content (AvgIpc) is 2.80. The predicted molar refractivity (Wildman–Crippen MR) is 123 cm³/mol. The topological polar surface area (TPSA) is 35.5 Å². The van der Waals surface area contributed by atoms with Gasteiger partial charge in [-0.1, -0.05) is 69.7 Å². The van der Waals surface area contributed by atoms with Gasteiger partial charge in [-0.2, -0.15) is 8.78 Å². The van der Waals surface area contributed by atoms with Crippen LogP contribution in [0.2, 0.25) is 0 Å². The summed E-state index contributed by atoms with van der Waals surface area (Å²) in [6, 6.07) is 13.7. The van der Waals surface area contributed by atoms with Crippen LogP contribution in [-0.4, -0.2) is 12.6 Å². The second-order valence-electron chi connectivity index (χ2n) is 8.77. The van der Waals surface area contributed by atoms with Gasteiger partial charge in [-0.15, -0.1) is 0 Å². The maximum Gasteiger partial charge on any atom is 0.387 e. The smallest absolute Gasteiger partial charge is 0.387 e. The number of benzene rings is 2. The van der Waals surface area contributed by atoms with Gasteiger partial charge in [0, 0.05) is 0 Å². The van der Waals surface area contributed by atoms with Crippen molar-refractivity contribution >= 4 is 5.97 Å². The molecule has 0 bridgehead atoms. The third-order valence-corrected chi connectivity index (χ3v) is 6.38. The van der Waals surface area contributed by atoms with Gasteiger partial charge in [0.15, 0.2) is 0 Å². The molecule has 0 radical (unpaired) electrons. The van der Waals surface area contributed by atoms with E-state index in [0.717, 1.165) is 42.7 Å². The Hall–Kier alpha value is -2.43. The molecule has 3 rings (SSSR count). The molecular formula is C27H34F2O3. The summed E-state index contributed by atoms with van der Waals surface area (Å²) in [4.78, 5) is 12.6. The number of hydrogen-bond donors (Lipinski definition) is 0. The number of carbonyl (C=O) groups is 1. The molecule has 0 heterocycles. The lowest BCUT2D eigenvalue weighted by molar-refractivity contribution is -0.140. The van der Waals surface area contributed by atoms with Crippen LogP contribution in [0.25, 0.3) is 11.1 Å². The molecule has 174 valence electrons. The highest BCUT2D eigenvalue weighted by molar-refractivity contribution is 5.75. The summed E-state index contributed by atoms with van der Waals surface area (Å²) in [7, 11) is 0. The Morgan fingerprint density at radius 3 is 1.97 bits per heavy atom. The Balaban J connectivity index is 1.43. The molecule has 1 aliphatic carbocycles. The number of unbranched alkanes of at least 4 members (excludes halogenated alkanes) is 4. The average molecular weight is 445 g/mol. The van der Waals surface area contributed by atoms with E-state index in [4.69, 9.17) is 4.74 Å². The number of carbonyl (C=O) groups excluding carboxylic acids is 1. The van der Waals surface area contributed by atoms with Crippen molar-refractivity contribution in [3.63, 3.8) is 0 Å². The zero-order valence-electron chi connectivity index (χ0n) is 18.9. The SMILES string of the molecule is CCCCCCCC1CCC(C(=O)Oc2ccc(-c3ccc(OC(F)F)cc3)cc2)CC1. The fourth-order valence-electron chi connectivity index (χ4n) is 4.47. The number of esters is 1. The van der Waals surface area contributed by atoms with E-state index < -0.39 is 6.61 Å². The van der Waals surface area contributed by atoms with Gasteiger partial charge >= 0.3 is 12.6 Å². The fraction of sp³-hybridized carbons (Fsp3) is 0.519. The third kappa shape index (κ3) is 7.61. The van der Waals surface area contributed by atoms with Crippen LogP contribution in [0.3, 0.4) is 0 Å². The van der Waals surface area contributed by atoms with Crippen LogP contribution in [0.5, 0.6) is 11.5 Å². The maximum atomic E-state index is 12.6. The van der Waals surface area contributed by atoms with E-state index in [1.54, 1.807) is 24.3 Å². The van der Waals surface area contributed by atoms with E-state index in [-0.39, 0.29) is 17.6 Å². The first kappa shape index (κ1) is 24.2. The Labute approximate surface area is 190 Å². The lowest BCUT2D eigenvalue weighted by atomic mass is 9.80. The number of halogens is 2. The molecule has 0 amide bonds.